The number of hydrogen-bond acceptors (Lipinski definition) is 4. The molecule has 0 aromatic heterocycles. The molecule has 2 heterocycles. The van der Waals surface area contributed by atoms with Gasteiger partial charge in [0.2, 0.25) is 0 Å². The molecule has 2 aliphatic rings. The average Bonchev–Trinajstić information content (AvgIpc) is 2.98. The number of thioether (sulfide) groups is 1. The Kier molecular flexibility index (Phi) is 12.8. The zero-order valence-electron chi connectivity index (χ0n) is 17.9. The van der Waals surface area contributed by atoms with Gasteiger partial charge in [-0.05, 0) is 19.9 Å². The lowest BCUT2D eigenvalue weighted by molar-refractivity contribution is 0.0650. The lowest BCUT2D eigenvalue weighted by atomic mass is 10.0. The minimum atomic E-state index is -0.271. The molecule has 0 amide bonds. The number of ether oxygens (including phenoxy) is 1. The Morgan fingerprint density at radius 3 is 2.15 bits per heavy atom. The minimum Gasteiger partial charge on any atom is -0.493 e. The van der Waals surface area contributed by atoms with Gasteiger partial charge >= 0.3 is 0 Å². The monoisotopic (exact) mass is 385 g/mol. The van der Waals surface area contributed by atoms with E-state index in [4.69, 9.17) is 4.74 Å². The quantitative estimate of drug-likeness (QED) is 0.506. The molecule has 154 valence electrons. The second-order valence-electron chi connectivity index (χ2n) is 7.79. The van der Waals surface area contributed by atoms with Crippen molar-refractivity contribution >= 4 is 11.8 Å². The molecule has 0 aliphatic carbocycles. The number of likely N-dealkylation sites (tertiary alicyclic amines) is 1. The van der Waals surface area contributed by atoms with Gasteiger partial charge in [0.25, 0.3) is 0 Å². The maximum absolute atomic E-state index is 10.2. The van der Waals surface area contributed by atoms with Gasteiger partial charge < -0.3 is 14.7 Å². The molecular formula is C22H43NO2S. The molecule has 0 aromatic carbocycles. The first-order valence-corrected chi connectivity index (χ1v) is 11.9. The van der Waals surface area contributed by atoms with Crippen molar-refractivity contribution in [3.63, 3.8) is 0 Å². The molecule has 26 heavy (non-hydrogen) atoms. The lowest BCUT2D eigenvalue weighted by Crippen LogP contribution is -2.29. The average molecular weight is 386 g/mol. The molecular weight excluding hydrogens is 342 g/mol. The molecule has 0 radical (unpaired) electrons. The smallest absolute Gasteiger partial charge is 0.113 e. The second kappa shape index (κ2) is 13.9. The fraction of sp³-hybridized carbons (Fsp3) is 0.909. The van der Waals surface area contributed by atoms with E-state index in [1.807, 2.05) is 11.8 Å². The largest absolute Gasteiger partial charge is 0.493 e. The van der Waals surface area contributed by atoms with Crippen LogP contribution in [0.25, 0.3) is 0 Å². The summed E-state index contributed by atoms with van der Waals surface area (Å²) in [5, 5.41) is 10.2. The molecule has 3 atom stereocenters. The molecule has 0 aromatic rings. The molecule has 3 unspecified atom stereocenters. The number of hydrogen-bond donors (Lipinski definition) is 1. The summed E-state index contributed by atoms with van der Waals surface area (Å²) >= 11 is 1.94. The van der Waals surface area contributed by atoms with Gasteiger partial charge in [-0.3, -0.25) is 0 Å². The molecule has 0 spiro atoms. The lowest BCUT2D eigenvalue weighted by Gasteiger charge is -2.31. The van der Waals surface area contributed by atoms with Crippen LogP contribution < -0.4 is 0 Å². The zero-order valence-corrected chi connectivity index (χ0v) is 18.7. The summed E-state index contributed by atoms with van der Waals surface area (Å²) in [6.45, 7) is 10.6. The summed E-state index contributed by atoms with van der Waals surface area (Å²) in [4.78, 5) is 3.55. The Morgan fingerprint density at radius 1 is 1.00 bits per heavy atom. The summed E-state index contributed by atoms with van der Waals surface area (Å²) in [5.74, 6) is 2.35. The highest BCUT2D eigenvalue weighted by molar-refractivity contribution is 8.03. The molecule has 4 heteroatoms. The van der Waals surface area contributed by atoms with E-state index in [0.717, 1.165) is 37.4 Å². The summed E-state index contributed by atoms with van der Waals surface area (Å²) in [6.07, 6.45) is 11.7. The topological polar surface area (TPSA) is 32.7 Å². The Hall–Kier alpha value is -0.190. The van der Waals surface area contributed by atoms with Gasteiger partial charge in [0.1, 0.15) is 11.9 Å². The molecule has 1 N–H and O–H groups in total. The van der Waals surface area contributed by atoms with Crippen molar-refractivity contribution in [1.29, 1.82) is 0 Å². The van der Waals surface area contributed by atoms with Crippen molar-refractivity contribution in [1.82, 2.24) is 4.90 Å². The van der Waals surface area contributed by atoms with Crippen molar-refractivity contribution in [2.75, 3.05) is 25.9 Å². The minimum absolute atomic E-state index is 0.178. The first-order valence-electron chi connectivity index (χ1n) is 11.0. The Balaban J connectivity index is 0.000000412. The molecule has 3 nitrogen and oxygen atoms in total. The molecule has 1 fully saturated rings. The van der Waals surface area contributed by atoms with Crippen LogP contribution in [0.2, 0.25) is 0 Å². The van der Waals surface area contributed by atoms with Gasteiger partial charge in [-0.15, -0.1) is 11.8 Å². The Morgan fingerprint density at radius 2 is 1.65 bits per heavy atom. The number of β-amino-alcohol motifs (C(OH)–C–C–N with tert-alkyl or cyclic N) is 1. The van der Waals surface area contributed by atoms with E-state index in [1.54, 1.807) is 0 Å². The van der Waals surface area contributed by atoms with Gasteiger partial charge in [-0.1, -0.05) is 72.6 Å². The summed E-state index contributed by atoms with van der Waals surface area (Å²) in [7, 11) is 2.07. The highest BCUT2D eigenvalue weighted by atomic mass is 32.2. The van der Waals surface area contributed by atoms with Gasteiger partial charge in [-0.2, -0.15) is 0 Å². The third-order valence-electron chi connectivity index (χ3n) is 5.23. The van der Waals surface area contributed by atoms with E-state index in [0.29, 0.717) is 6.10 Å². The maximum atomic E-state index is 10.2. The number of unbranched alkanes of at least 4 members (excludes halogenated alkanes) is 5. The molecule has 1 saturated heterocycles. The first kappa shape index (κ1) is 23.8. The van der Waals surface area contributed by atoms with Crippen molar-refractivity contribution in [3.05, 3.63) is 10.7 Å². The van der Waals surface area contributed by atoms with Crippen LogP contribution in [0.5, 0.6) is 0 Å². The SMILES string of the molecule is CCCCC1CSC(CC)=C(C2CN(C)CC2O)O1.CCCCCCC. The Labute approximate surface area is 166 Å². The van der Waals surface area contributed by atoms with E-state index in [9.17, 15) is 5.11 Å². The van der Waals surface area contributed by atoms with Gasteiger partial charge in [-0.25, -0.2) is 0 Å². The fourth-order valence-corrected chi connectivity index (χ4v) is 4.77. The van der Waals surface area contributed by atoms with E-state index in [1.165, 1.54) is 49.9 Å². The van der Waals surface area contributed by atoms with Crippen LogP contribution in [0.15, 0.2) is 10.7 Å². The molecule has 2 rings (SSSR count). The predicted octanol–water partition coefficient (Wildman–Crippen LogP) is 5.83. The number of rotatable bonds is 9. The van der Waals surface area contributed by atoms with E-state index in [2.05, 4.69) is 39.6 Å². The number of likely N-dealkylation sites (N-methyl/N-ethyl adjacent to an activating group) is 1. The van der Waals surface area contributed by atoms with Crippen LogP contribution in [0.1, 0.15) is 85.5 Å². The van der Waals surface area contributed by atoms with Crippen LogP contribution in [0.4, 0.5) is 0 Å². The third kappa shape index (κ3) is 8.22. The third-order valence-corrected chi connectivity index (χ3v) is 6.60. The number of aliphatic hydroxyl groups is 1. The summed E-state index contributed by atoms with van der Waals surface area (Å²) < 4.78 is 6.27. The standard InChI is InChI=1S/C15H27NO2S.C7H16/c1-4-6-7-11-10-19-14(5-2)15(18-11)12-8-16(3)9-13(12)17;1-3-5-7-6-4-2/h11-13,17H,4-10H2,1-3H3;3-7H2,1-2H3. The van der Waals surface area contributed by atoms with E-state index < -0.39 is 0 Å². The van der Waals surface area contributed by atoms with Gasteiger partial charge in [0.05, 0.1) is 12.0 Å². The van der Waals surface area contributed by atoms with Gasteiger partial charge in [0, 0.05) is 23.7 Å². The van der Waals surface area contributed by atoms with E-state index in [-0.39, 0.29) is 12.0 Å². The number of aliphatic hydroxyl groups excluding tert-OH is 1. The molecule has 0 bridgehead atoms. The van der Waals surface area contributed by atoms with Crippen LogP contribution in [0, 0.1) is 5.92 Å². The summed E-state index contributed by atoms with van der Waals surface area (Å²) in [6, 6.07) is 0. The van der Waals surface area contributed by atoms with Crippen molar-refractivity contribution in [3.8, 4) is 0 Å². The number of nitrogens with zero attached hydrogens (tertiary/aromatic N) is 1. The fourth-order valence-electron chi connectivity index (χ4n) is 3.60. The molecule has 2 aliphatic heterocycles. The summed E-state index contributed by atoms with van der Waals surface area (Å²) in [5.41, 5.74) is 0. The Bertz CT molecular complexity index is 396. The van der Waals surface area contributed by atoms with Crippen LogP contribution in [0.3, 0.4) is 0 Å². The van der Waals surface area contributed by atoms with Crippen LogP contribution in [-0.4, -0.2) is 48.1 Å². The van der Waals surface area contributed by atoms with Crippen molar-refractivity contribution in [2.24, 2.45) is 5.92 Å². The number of allylic oxidation sites excluding steroid dienone is 1. The normalized spacial score (nSPS) is 26.5. The second-order valence-corrected chi connectivity index (χ2v) is 8.90. The van der Waals surface area contributed by atoms with Crippen LogP contribution >= 0.6 is 11.8 Å². The molecule has 0 saturated carbocycles. The zero-order chi connectivity index (χ0) is 19.4. The highest BCUT2D eigenvalue weighted by Gasteiger charge is 2.37. The maximum Gasteiger partial charge on any atom is 0.113 e. The van der Waals surface area contributed by atoms with Gasteiger partial charge in [0.15, 0.2) is 0 Å². The van der Waals surface area contributed by atoms with E-state index >= 15 is 0 Å². The predicted molar refractivity (Wildman–Crippen MR) is 116 cm³/mol. The van der Waals surface area contributed by atoms with Crippen molar-refractivity contribution < 1.29 is 9.84 Å². The highest BCUT2D eigenvalue weighted by Crippen LogP contribution is 2.39. The first-order chi connectivity index (χ1) is 12.6. The van der Waals surface area contributed by atoms with Crippen molar-refractivity contribution in [2.45, 2.75) is 97.7 Å². The van der Waals surface area contributed by atoms with Crippen LogP contribution in [-0.2, 0) is 4.74 Å².